The molecule has 2 aliphatic heterocycles. The Morgan fingerprint density at radius 1 is 1.12 bits per heavy atom. The Kier molecular flexibility index (Phi) is 4.19. The van der Waals surface area contributed by atoms with Crippen molar-refractivity contribution < 1.29 is 4.79 Å². The van der Waals surface area contributed by atoms with Gasteiger partial charge in [0.25, 0.3) is 5.91 Å². The maximum atomic E-state index is 13.4. The van der Waals surface area contributed by atoms with Gasteiger partial charge in [-0.3, -0.25) is 4.79 Å². The zero-order valence-corrected chi connectivity index (χ0v) is 15.9. The number of nitrogens with zero attached hydrogens (tertiary/aromatic N) is 2. The number of fused-ring (bicyclic) bond motifs is 3. The van der Waals surface area contributed by atoms with Crippen LogP contribution in [0, 0.1) is 0 Å². The van der Waals surface area contributed by atoms with Crippen molar-refractivity contribution in [2.24, 2.45) is 0 Å². The predicted molar refractivity (Wildman–Crippen MR) is 109 cm³/mol. The van der Waals surface area contributed by atoms with Crippen LogP contribution < -0.4 is 10.2 Å². The number of nitrogens with one attached hydrogen (secondary N) is 1. The molecule has 2 atom stereocenters. The molecular weight excluding hydrogens is 342 g/mol. The number of hydrogen-bond acceptors (Lipinski definition) is 2. The highest BCUT2D eigenvalue weighted by atomic mass is 32.1. The molecule has 5 heteroatoms. The average molecular weight is 366 g/mol. The lowest BCUT2D eigenvalue weighted by Crippen LogP contribution is -2.57. The van der Waals surface area contributed by atoms with Crippen LogP contribution in [0.3, 0.4) is 0 Å². The Labute approximate surface area is 159 Å². The van der Waals surface area contributed by atoms with Crippen LogP contribution in [0.4, 0.5) is 11.4 Å². The molecule has 1 amide bonds. The lowest BCUT2D eigenvalue weighted by Gasteiger charge is -2.43. The molecule has 2 aromatic carbocycles. The quantitative estimate of drug-likeness (QED) is 0.818. The second kappa shape index (κ2) is 6.40. The van der Waals surface area contributed by atoms with Crippen LogP contribution in [0.5, 0.6) is 0 Å². The number of carbonyl (C=O) groups is 1. The van der Waals surface area contributed by atoms with Gasteiger partial charge in [0.15, 0.2) is 5.11 Å². The third-order valence-corrected chi connectivity index (χ3v) is 6.12. The summed E-state index contributed by atoms with van der Waals surface area (Å²) in [6.45, 7) is 2.16. The van der Waals surface area contributed by atoms with E-state index >= 15 is 0 Å². The molecule has 1 saturated heterocycles. The number of thiocarbonyl (C=S) groups is 1. The molecule has 2 unspecified atom stereocenters. The monoisotopic (exact) mass is 365 g/mol. The van der Waals surface area contributed by atoms with Crippen molar-refractivity contribution >= 4 is 34.6 Å². The fraction of sp³-hybridized carbons (Fsp3) is 0.333. The molecular formula is C21H23N3OS. The summed E-state index contributed by atoms with van der Waals surface area (Å²) in [5, 5.41) is 3.84. The van der Waals surface area contributed by atoms with Crippen molar-refractivity contribution in [1.82, 2.24) is 4.90 Å². The number of para-hydroxylation sites is 2. The van der Waals surface area contributed by atoms with E-state index in [1.165, 1.54) is 0 Å². The molecule has 0 bridgehead atoms. The number of rotatable bonds is 4. The number of carbonyl (C=O) groups excluding carboxylic acids is 1. The van der Waals surface area contributed by atoms with Gasteiger partial charge in [0.05, 0.1) is 6.04 Å². The fourth-order valence-corrected chi connectivity index (χ4v) is 4.68. The Balaban J connectivity index is 1.94. The highest BCUT2D eigenvalue weighted by molar-refractivity contribution is 7.80. The van der Waals surface area contributed by atoms with Gasteiger partial charge in [-0.2, -0.15) is 0 Å². The van der Waals surface area contributed by atoms with Gasteiger partial charge >= 0.3 is 0 Å². The Hall–Kier alpha value is -2.40. The minimum Gasteiger partial charge on any atom is -0.335 e. The lowest BCUT2D eigenvalue weighted by atomic mass is 9.77. The van der Waals surface area contributed by atoms with Crippen LogP contribution in [-0.4, -0.2) is 28.5 Å². The van der Waals surface area contributed by atoms with E-state index in [1.807, 2.05) is 48.3 Å². The van der Waals surface area contributed by atoms with Gasteiger partial charge in [-0.1, -0.05) is 56.2 Å². The molecule has 0 aliphatic carbocycles. The fourth-order valence-electron chi connectivity index (χ4n) is 4.30. The first-order valence-electron chi connectivity index (χ1n) is 9.13. The van der Waals surface area contributed by atoms with E-state index in [0.29, 0.717) is 5.11 Å². The molecule has 134 valence electrons. The molecule has 0 aromatic heterocycles. The van der Waals surface area contributed by atoms with Gasteiger partial charge in [0, 0.05) is 24.0 Å². The van der Waals surface area contributed by atoms with E-state index in [2.05, 4.69) is 35.3 Å². The zero-order chi connectivity index (χ0) is 18.3. The van der Waals surface area contributed by atoms with Crippen molar-refractivity contribution in [2.45, 2.75) is 37.8 Å². The van der Waals surface area contributed by atoms with E-state index < -0.39 is 5.54 Å². The van der Waals surface area contributed by atoms with Gasteiger partial charge in [-0.15, -0.1) is 0 Å². The van der Waals surface area contributed by atoms with Gasteiger partial charge in [-0.05, 0) is 36.8 Å². The molecule has 1 N–H and O–H groups in total. The van der Waals surface area contributed by atoms with E-state index in [4.69, 9.17) is 12.2 Å². The highest BCUT2D eigenvalue weighted by Crippen LogP contribution is 2.52. The molecule has 4 nitrogen and oxygen atoms in total. The molecule has 2 aliphatic rings. The van der Waals surface area contributed by atoms with Crippen LogP contribution in [0.1, 0.15) is 37.8 Å². The molecule has 0 radical (unpaired) electrons. The smallest absolute Gasteiger partial charge is 0.252 e. The van der Waals surface area contributed by atoms with Gasteiger partial charge in [0.1, 0.15) is 5.54 Å². The van der Waals surface area contributed by atoms with E-state index in [9.17, 15) is 4.79 Å². The van der Waals surface area contributed by atoms with Gasteiger partial charge in [-0.25, -0.2) is 0 Å². The first kappa shape index (κ1) is 17.0. The number of benzene rings is 2. The summed E-state index contributed by atoms with van der Waals surface area (Å²) in [5.74, 6) is 0.0398. The maximum absolute atomic E-state index is 13.4. The lowest BCUT2D eigenvalue weighted by molar-refractivity contribution is -0.126. The largest absolute Gasteiger partial charge is 0.335 e. The van der Waals surface area contributed by atoms with Crippen molar-refractivity contribution in [3.8, 4) is 0 Å². The summed E-state index contributed by atoms with van der Waals surface area (Å²) >= 11 is 5.84. The summed E-state index contributed by atoms with van der Waals surface area (Å²) in [6, 6.07) is 18.1. The SMILES string of the molecule is CCCCC12C(=O)Nc3ccccc3C1N(c1ccccc1)C(=S)N2C. The van der Waals surface area contributed by atoms with Crippen LogP contribution in [-0.2, 0) is 4.79 Å². The standard InChI is InChI=1S/C21H23N3OS/c1-3-4-14-21-18(16-12-8-9-13-17(16)22-19(21)25)24(20(26)23(21)2)15-10-6-5-7-11-15/h5-13,18H,3-4,14H2,1-2H3,(H,22,25). The molecule has 2 aromatic rings. The third-order valence-electron chi connectivity index (χ3n) is 5.64. The van der Waals surface area contributed by atoms with Crippen molar-refractivity contribution in [3.05, 3.63) is 60.2 Å². The van der Waals surface area contributed by atoms with Crippen molar-refractivity contribution in [1.29, 1.82) is 0 Å². The Bertz CT molecular complexity index is 853. The van der Waals surface area contributed by atoms with Gasteiger partial charge in [0.2, 0.25) is 0 Å². The summed E-state index contributed by atoms with van der Waals surface area (Å²) in [4.78, 5) is 17.5. The molecule has 1 fully saturated rings. The number of unbranched alkanes of at least 4 members (excludes halogenated alkanes) is 1. The number of hydrogen-bond donors (Lipinski definition) is 1. The van der Waals surface area contributed by atoms with Crippen molar-refractivity contribution in [3.63, 3.8) is 0 Å². The Morgan fingerprint density at radius 3 is 2.54 bits per heavy atom. The topological polar surface area (TPSA) is 35.6 Å². The summed E-state index contributed by atoms with van der Waals surface area (Å²) in [7, 11) is 1.96. The zero-order valence-electron chi connectivity index (χ0n) is 15.1. The molecule has 0 saturated carbocycles. The highest BCUT2D eigenvalue weighted by Gasteiger charge is 2.61. The normalized spacial score (nSPS) is 24.3. The van der Waals surface area contributed by atoms with Crippen molar-refractivity contribution in [2.75, 3.05) is 17.3 Å². The van der Waals surface area contributed by atoms with E-state index in [0.717, 1.165) is 36.2 Å². The second-order valence-corrected chi connectivity index (χ2v) is 7.38. The summed E-state index contributed by atoms with van der Waals surface area (Å²) in [6.07, 6.45) is 2.78. The summed E-state index contributed by atoms with van der Waals surface area (Å²) < 4.78 is 0. The number of likely N-dealkylation sites (N-methyl/N-ethyl adjacent to an activating group) is 1. The van der Waals surface area contributed by atoms with Crippen LogP contribution in [0.25, 0.3) is 0 Å². The van der Waals surface area contributed by atoms with Gasteiger partial charge < -0.3 is 15.1 Å². The second-order valence-electron chi connectivity index (χ2n) is 7.02. The molecule has 4 rings (SSSR count). The van der Waals surface area contributed by atoms with E-state index in [-0.39, 0.29) is 11.9 Å². The average Bonchev–Trinajstić information content (AvgIpc) is 2.90. The summed E-state index contributed by atoms with van der Waals surface area (Å²) in [5.41, 5.74) is 2.35. The number of amides is 1. The minimum absolute atomic E-state index is 0.0398. The van der Waals surface area contributed by atoms with E-state index in [1.54, 1.807) is 0 Å². The molecule has 0 spiro atoms. The third kappa shape index (κ3) is 2.27. The first-order chi connectivity index (χ1) is 12.6. The first-order valence-corrected chi connectivity index (χ1v) is 9.54. The predicted octanol–water partition coefficient (Wildman–Crippen LogP) is 4.35. The van der Waals surface area contributed by atoms with Crippen LogP contribution in [0.2, 0.25) is 0 Å². The minimum atomic E-state index is -0.683. The molecule has 26 heavy (non-hydrogen) atoms. The van der Waals surface area contributed by atoms with Crippen LogP contribution in [0.15, 0.2) is 54.6 Å². The maximum Gasteiger partial charge on any atom is 0.252 e. The number of anilines is 2. The van der Waals surface area contributed by atoms with Crippen LogP contribution >= 0.6 is 12.2 Å². The molecule has 2 heterocycles. The Morgan fingerprint density at radius 2 is 1.81 bits per heavy atom.